The highest BCUT2D eigenvalue weighted by molar-refractivity contribution is 5.98. The van der Waals surface area contributed by atoms with Crippen LogP contribution in [0.15, 0.2) is 36.9 Å². The number of hydrogen-bond acceptors (Lipinski definition) is 9. The number of aliphatic hydroxyl groups is 2. The molecule has 30 heavy (non-hydrogen) atoms. The molecule has 3 aromatic rings. The van der Waals surface area contributed by atoms with Crippen LogP contribution in [0.25, 0.3) is 11.2 Å². The second kappa shape index (κ2) is 7.78. The zero-order chi connectivity index (χ0) is 21.4. The Bertz CT molecular complexity index is 1120. The number of ether oxygens (including phenoxy) is 1. The Hall–Kier alpha value is -3.41. The van der Waals surface area contributed by atoms with Gasteiger partial charge in [-0.2, -0.15) is 0 Å². The van der Waals surface area contributed by atoms with Crippen LogP contribution in [0.4, 0.5) is 5.82 Å². The Kier molecular flexibility index (Phi) is 5.16. The van der Waals surface area contributed by atoms with Gasteiger partial charge in [-0.1, -0.05) is 12.1 Å². The highest BCUT2D eigenvalue weighted by atomic mass is 16.6. The van der Waals surface area contributed by atoms with Crippen molar-refractivity contribution in [2.75, 3.05) is 5.73 Å². The van der Waals surface area contributed by atoms with Gasteiger partial charge in [-0.05, 0) is 18.6 Å². The van der Waals surface area contributed by atoms with Crippen LogP contribution in [0.5, 0.6) is 0 Å². The van der Waals surface area contributed by atoms with Gasteiger partial charge >= 0.3 is 5.97 Å². The van der Waals surface area contributed by atoms with Crippen molar-refractivity contribution in [1.29, 1.82) is 0 Å². The molecule has 0 amide bonds. The van der Waals surface area contributed by atoms with Crippen LogP contribution >= 0.6 is 0 Å². The first kappa shape index (κ1) is 19.9. The van der Waals surface area contributed by atoms with Crippen LogP contribution < -0.4 is 5.73 Å². The molecule has 2 aromatic heterocycles. The van der Waals surface area contributed by atoms with Gasteiger partial charge in [0, 0.05) is 12.0 Å². The van der Waals surface area contributed by atoms with E-state index in [0.717, 1.165) is 0 Å². The number of anilines is 1. The Labute approximate surface area is 169 Å². The lowest BCUT2D eigenvalue weighted by Gasteiger charge is -2.16. The smallest absolute Gasteiger partial charge is 0.335 e. The summed E-state index contributed by atoms with van der Waals surface area (Å²) in [5, 5.41) is 29.9. The van der Waals surface area contributed by atoms with Gasteiger partial charge in [0.2, 0.25) is 0 Å². The number of carboxylic acids is 1. The zero-order valence-corrected chi connectivity index (χ0v) is 15.6. The minimum atomic E-state index is -1.27. The number of carbonyl (C=O) groups excluding carboxylic acids is 1. The van der Waals surface area contributed by atoms with Gasteiger partial charge in [0.05, 0.1) is 18.0 Å². The first-order chi connectivity index (χ1) is 14.4. The van der Waals surface area contributed by atoms with Gasteiger partial charge in [-0.15, -0.1) is 0 Å². The predicted molar refractivity (Wildman–Crippen MR) is 103 cm³/mol. The summed E-state index contributed by atoms with van der Waals surface area (Å²) in [6.45, 7) is 0. The van der Waals surface area contributed by atoms with Crippen molar-refractivity contribution in [3.8, 4) is 0 Å². The van der Waals surface area contributed by atoms with Gasteiger partial charge in [0.1, 0.15) is 24.1 Å². The molecule has 3 heterocycles. The molecule has 4 atom stereocenters. The summed E-state index contributed by atoms with van der Waals surface area (Å²) in [6.07, 6.45) is -1.49. The fraction of sp³-hybridized carbons (Fsp3) is 0.316. The molecule has 0 unspecified atom stereocenters. The van der Waals surface area contributed by atoms with Crippen LogP contribution in [0, 0.1) is 0 Å². The van der Waals surface area contributed by atoms with E-state index in [0.29, 0.717) is 11.2 Å². The number of carbonyl (C=O) groups is 2. The molecule has 0 spiro atoms. The third-order valence-electron chi connectivity index (χ3n) is 5.09. The van der Waals surface area contributed by atoms with Crippen molar-refractivity contribution in [1.82, 2.24) is 19.5 Å². The van der Waals surface area contributed by atoms with Crippen molar-refractivity contribution in [3.05, 3.63) is 48.0 Å². The molecule has 156 valence electrons. The molecule has 11 heteroatoms. The minimum Gasteiger partial charge on any atom is -0.478 e. The lowest BCUT2D eigenvalue weighted by Crippen LogP contribution is -2.31. The molecule has 1 aliphatic heterocycles. The van der Waals surface area contributed by atoms with Gasteiger partial charge < -0.3 is 25.8 Å². The van der Waals surface area contributed by atoms with Gasteiger partial charge in [0.15, 0.2) is 23.5 Å². The molecule has 1 aromatic carbocycles. The quantitative estimate of drug-likeness (QED) is 0.414. The molecule has 0 radical (unpaired) electrons. The number of nitrogens with zero attached hydrogens (tertiary/aromatic N) is 4. The number of imidazole rings is 1. The number of aromatic nitrogens is 4. The summed E-state index contributed by atoms with van der Waals surface area (Å²) in [5.41, 5.74) is 6.74. The third kappa shape index (κ3) is 3.49. The number of nitrogen functional groups attached to an aromatic ring is 1. The molecule has 5 N–H and O–H groups in total. The molecular formula is C19H19N5O6. The number of Topliss-reactive ketones (excluding diaryl/α,β-unsaturated/α-hetero) is 1. The van der Waals surface area contributed by atoms with Crippen LogP contribution in [0.2, 0.25) is 0 Å². The normalized spacial score (nSPS) is 23.7. The number of hydrogen-bond donors (Lipinski definition) is 4. The zero-order valence-electron chi connectivity index (χ0n) is 15.6. The van der Waals surface area contributed by atoms with Crippen molar-refractivity contribution in [3.63, 3.8) is 0 Å². The standard InChI is InChI=1S/C19H19N5O6/c20-16-13-17(22-7-21-16)24(8-23-13)18-15(27)14(26)12(30-18)5-4-11(25)9-2-1-3-10(6-9)19(28)29/h1-3,6-8,12,14-15,18,26-27H,4-5H2,(H,28,29)(H2,20,21,22)/t12-,14-,15-,18-/m1/s1. The van der Waals surface area contributed by atoms with E-state index >= 15 is 0 Å². The Morgan fingerprint density at radius 1 is 1.13 bits per heavy atom. The Morgan fingerprint density at radius 2 is 1.90 bits per heavy atom. The minimum absolute atomic E-state index is 0.00400. The molecule has 1 aliphatic rings. The average molecular weight is 413 g/mol. The first-order valence-corrected chi connectivity index (χ1v) is 9.18. The van der Waals surface area contributed by atoms with Gasteiger partial charge in [-0.3, -0.25) is 9.36 Å². The molecule has 1 saturated heterocycles. The number of fused-ring (bicyclic) bond motifs is 1. The highest BCUT2D eigenvalue weighted by Gasteiger charge is 2.44. The fourth-order valence-electron chi connectivity index (χ4n) is 3.50. The van der Waals surface area contributed by atoms with Crippen molar-refractivity contribution < 1.29 is 29.6 Å². The number of ketones is 1. The van der Waals surface area contributed by atoms with Crippen LogP contribution in [-0.4, -0.2) is 64.9 Å². The Balaban J connectivity index is 1.47. The monoisotopic (exact) mass is 413 g/mol. The highest BCUT2D eigenvalue weighted by Crippen LogP contribution is 2.33. The fourth-order valence-corrected chi connectivity index (χ4v) is 3.50. The van der Waals surface area contributed by atoms with Gasteiger partial charge in [0.25, 0.3) is 0 Å². The van der Waals surface area contributed by atoms with E-state index in [1.165, 1.54) is 41.5 Å². The Morgan fingerprint density at radius 3 is 2.67 bits per heavy atom. The SMILES string of the molecule is Nc1ncnc2c1ncn2[C@@H]1O[C@H](CCC(=O)c2cccc(C(=O)O)c2)[C@@H](O)[C@H]1O. The van der Waals surface area contributed by atoms with Crippen molar-refractivity contribution in [2.45, 2.75) is 37.4 Å². The van der Waals surface area contributed by atoms with E-state index < -0.39 is 30.5 Å². The maximum Gasteiger partial charge on any atom is 0.335 e. The molecule has 1 fully saturated rings. The number of nitrogens with two attached hydrogens (primary N) is 1. The van der Waals surface area contributed by atoms with E-state index in [4.69, 9.17) is 15.6 Å². The summed E-state index contributed by atoms with van der Waals surface area (Å²) in [6, 6.07) is 5.72. The number of benzene rings is 1. The van der Waals surface area contributed by atoms with Crippen LogP contribution in [0.1, 0.15) is 39.8 Å². The van der Waals surface area contributed by atoms with E-state index in [2.05, 4.69) is 15.0 Å². The summed E-state index contributed by atoms with van der Waals surface area (Å²) in [7, 11) is 0. The van der Waals surface area contributed by atoms with Crippen LogP contribution in [-0.2, 0) is 4.74 Å². The summed E-state index contributed by atoms with van der Waals surface area (Å²) in [5.74, 6) is -1.24. The summed E-state index contributed by atoms with van der Waals surface area (Å²) in [4.78, 5) is 35.6. The topological polar surface area (TPSA) is 174 Å². The molecule has 4 rings (SSSR count). The first-order valence-electron chi connectivity index (χ1n) is 9.18. The third-order valence-corrected chi connectivity index (χ3v) is 5.09. The number of rotatable bonds is 6. The van der Waals surface area contributed by atoms with Crippen molar-refractivity contribution in [2.24, 2.45) is 0 Å². The maximum absolute atomic E-state index is 12.4. The number of aliphatic hydroxyl groups excluding tert-OH is 2. The van der Waals surface area contributed by atoms with Crippen molar-refractivity contribution >= 4 is 28.7 Å². The summed E-state index contributed by atoms with van der Waals surface area (Å²) < 4.78 is 7.26. The van der Waals surface area contributed by atoms with E-state index in [1.807, 2.05) is 0 Å². The van der Waals surface area contributed by atoms with E-state index in [1.54, 1.807) is 0 Å². The van der Waals surface area contributed by atoms with Gasteiger partial charge in [-0.25, -0.2) is 19.7 Å². The predicted octanol–water partition coefficient (Wildman–Crippen LogP) is 0.389. The second-order valence-corrected chi connectivity index (χ2v) is 6.98. The largest absolute Gasteiger partial charge is 0.478 e. The molecule has 0 aliphatic carbocycles. The molecule has 0 bridgehead atoms. The molecule has 0 saturated carbocycles. The average Bonchev–Trinajstić information content (AvgIpc) is 3.29. The van der Waals surface area contributed by atoms with Crippen LogP contribution in [0.3, 0.4) is 0 Å². The van der Waals surface area contributed by atoms with E-state index in [9.17, 15) is 19.8 Å². The second-order valence-electron chi connectivity index (χ2n) is 6.98. The lowest BCUT2D eigenvalue weighted by molar-refractivity contribution is -0.0368. The lowest BCUT2D eigenvalue weighted by atomic mass is 10.00. The summed E-state index contributed by atoms with van der Waals surface area (Å²) >= 11 is 0. The van der Waals surface area contributed by atoms with E-state index in [-0.39, 0.29) is 35.6 Å². The number of aromatic carboxylic acids is 1. The number of carboxylic acid groups (broad SMARTS) is 1. The molecular weight excluding hydrogens is 394 g/mol. The molecule has 11 nitrogen and oxygen atoms in total. The maximum atomic E-state index is 12.4.